The van der Waals surface area contributed by atoms with Crippen LogP contribution in [0.2, 0.25) is 0 Å². The zero-order valence-electron chi connectivity index (χ0n) is 18.6. The van der Waals surface area contributed by atoms with Gasteiger partial charge in [0.15, 0.2) is 5.52 Å². The number of aromatic nitrogens is 3. The summed E-state index contributed by atoms with van der Waals surface area (Å²) >= 11 is 0. The Morgan fingerprint density at radius 1 is 1.18 bits per heavy atom. The highest BCUT2D eigenvalue weighted by molar-refractivity contribution is 7.88. The van der Waals surface area contributed by atoms with Gasteiger partial charge >= 0.3 is 0 Å². The maximum Gasteiger partial charge on any atom is 0.242 e. The van der Waals surface area contributed by atoms with Crippen molar-refractivity contribution >= 4 is 21.1 Å². The number of pyridine rings is 1. The van der Waals surface area contributed by atoms with Gasteiger partial charge in [0.2, 0.25) is 15.9 Å². The van der Waals surface area contributed by atoms with Gasteiger partial charge in [-0.2, -0.15) is 4.31 Å². The molecule has 0 aliphatic carbocycles. The van der Waals surface area contributed by atoms with Crippen LogP contribution in [-0.4, -0.2) is 79.6 Å². The van der Waals surface area contributed by atoms with Gasteiger partial charge in [0.05, 0.1) is 37.3 Å². The van der Waals surface area contributed by atoms with E-state index in [0.29, 0.717) is 30.1 Å². The van der Waals surface area contributed by atoms with E-state index in [1.165, 1.54) is 16.1 Å². The van der Waals surface area contributed by atoms with Gasteiger partial charge in [-0.25, -0.2) is 18.4 Å². The largest absolute Gasteiger partial charge is 0.473 e. The zero-order chi connectivity index (χ0) is 23.1. The fraction of sp³-hybridized carbons (Fsp3) is 0.435. The molecule has 4 heterocycles. The summed E-state index contributed by atoms with van der Waals surface area (Å²) in [7, 11) is -3.28. The molecule has 0 amide bonds. The molecule has 174 valence electrons. The van der Waals surface area contributed by atoms with Crippen molar-refractivity contribution in [1.29, 1.82) is 0 Å². The van der Waals surface area contributed by atoms with E-state index in [1.54, 1.807) is 12.4 Å². The van der Waals surface area contributed by atoms with Gasteiger partial charge in [0, 0.05) is 36.5 Å². The molecule has 5 rings (SSSR count). The molecule has 3 aromatic rings. The molecule has 2 aliphatic heterocycles. The lowest BCUT2D eigenvalue weighted by atomic mass is 9.80. The first-order chi connectivity index (χ1) is 15.8. The van der Waals surface area contributed by atoms with E-state index in [1.807, 2.05) is 18.2 Å². The van der Waals surface area contributed by atoms with Crippen molar-refractivity contribution in [3.8, 4) is 17.1 Å². The van der Waals surface area contributed by atoms with Crippen molar-refractivity contribution in [3.63, 3.8) is 0 Å². The van der Waals surface area contributed by atoms with Crippen LogP contribution in [0.1, 0.15) is 12.5 Å². The molecule has 0 spiro atoms. The Balaban J connectivity index is 1.39. The molecule has 10 heteroatoms. The van der Waals surface area contributed by atoms with E-state index in [-0.39, 0.29) is 18.6 Å². The highest BCUT2D eigenvalue weighted by Crippen LogP contribution is 2.33. The lowest BCUT2D eigenvalue weighted by Gasteiger charge is -2.38. The Bertz CT molecular complexity index is 1260. The van der Waals surface area contributed by atoms with Gasteiger partial charge in [-0.15, -0.1) is 0 Å². The van der Waals surface area contributed by atoms with Crippen LogP contribution in [0.25, 0.3) is 22.3 Å². The predicted octanol–water partition coefficient (Wildman–Crippen LogP) is 2.02. The van der Waals surface area contributed by atoms with E-state index < -0.39 is 16.1 Å². The summed E-state index contributed by atoms with van der Waals surface area (Å²) in [6, 6.07) is 10.2. The molecule has 1 unspecified atom stereocenters. The standard InChI is InChI=1S/C23H26N4O5S/c1-23(14-30-15-23)17-5-3-16(4-6-17)19-11-20-21(25-8-7-24-20)22(26-19)32-13-18-12-27(9-10-31-18)33(2,28)29/h3-8,11,18H,9-10,12-15H2,1-2H3. The second-order valence-corrected chi connectivity index (χ2v) is 10.8. The molecule has 9 nitrogen and oxygen atoms in total. The quantitative estimate of drug-likeness (QED) is 0.539. The number of hydrogen-bond donors (Lipinski definition) is 0. The fourth-order valence-corrected chi connectivity index (χ4v) is 4.92. The second kappa shape index (κ2) is 8.60. The van der Waals surface area contributed by atoms with Gasteiger partial charge < -0.3 is 14.2 Å². The summed E-state index contributed by atoms with van der Waals surface area (Å²) in [6.07, 6.45) is 4.03. The SMILES string of the molecule is CC1(c2ccc(-c3cc4nccnc4c(OCC4CN(S(C)(=O)=O)CCO4)n3)cc2)COC1. The van der Waals surface area contributed by atoms with E-state index >= 15 is 0 Å². The summed E-state index contributed by atoms with van der Waals surface area (Å²) in [4.78, 5) is 13.5. The average molecular weight is 471 g/mol. The summed E-state index contributed by atoms with van der Waals surface area (Å²) in [5.41, 5.74) is 4.18. The van der Waals surface area contributed by atoms with Gasteiger partial charge in [-0.1, -0.05) is 31.2 Å². The predicted molar refractivity (Wildman–Crippen MR) is 123 cm³/mol. The van der Waals surface area contributed by atoms with Gasteiger partial charge in [0.25, 0.3) is 0 Å². The highest BCUT2D eigenvalue weighted by Gasteiger charge is 2.35. The molecule has 0 N–H and O–H groups in total. The van der Waals surface area contributed by atoms with Gasteiger partial charge in [0.1, 0.15) is 12.7 Å². The molecule has 1 atom stereocenters. The number of hydrogen-bond acceptors (Lipinski definition) is 8. The summed E-state index contributed by atoms with van der Waals surface area (Å²) in [5.74, 6) is 0.346. The fourth-order valence-electron chi connectivity index (χ4n) is 4.08. The third kappa shape index (κ3) is 4.56. The minimum Gasteiger partial charge on any atom is -0.473 e. The molecule has 2 fully saturated rings. The molecular formula is C23H26N4O5S. The van der Waals surface area contributed by atoms with Crippen molar-refractivity contribution in [2.45, 2.75) is 18.4 Å². The Hall–Kier alpha value is -2.66. The molecule has 2 saturated heterocycles. The number of fused-ring (bicyclic) bond motifs is 1. The topological polar surface area (TPSA) is 104 Å². The first-order valence-electron chi connectivity index (χ1n) is 10.8. The smallest absolute Gasteiger partial charge is 0.242 e. The summed E-state index contributed by atoms with van der Waals surface area (Å²) in [5, 5.41) is 0. The average Bonchev–Trinajstić information content (AvgIpc) is 2.80. The van der Waals surface area contributed by atoms with Gasteiger partial charge in [-0.3, -0.25) is 4.98 Å². The Morgan fingerprint density at radius 2 is 1.94 bits per heavy atom. The maximum absolute atomic E-state index is 11.9. The molecule has 2 aliphatic rings. The lowest BCUT2D eigenvalue weighted by Crippen LogP contribution is -2.47. The Labute approximate surface area is 192 Å². The third-order valence-electron chi connectivity index (χ3n) is 6.12. The summed E-state index contributed by atoms with van der Waals surface area (Å²) < 4.78 is 42.3. The molecule has 2 aromatic heterocycles. The zero-order valence-corrected chi connectivity index (χ0v) is 19.4. The van der Waals surface area contributed by atoms with Crippen molar-refractivity contribution in [3.05, 3.63) is 48.3 Å². The van der Waals surface area contributed by atoms with Crippen LogP contribution in [0.5, 0.6) is 5.88 Å². The van der Waals surface area contributed by atoms with Crippen molar-refractivity contribution in [1.82, 2.24) is 19.3 Å². The highest BCUT2D eigenvalue weighted by atomic mass is 32.2. The number of ether oxygens (including phenoxy) is 3. The first-order valence-corrected chi connectivity index (χ1v) is 12.7. The van der Waals surface area contributed by atoms with Crippen molar-refractivity contribution in [2.75, 3.05) is 45.8 Å². The number of benzene rings is 1. The second-order valence-electron chi connectivity index (χ2n) is 8.79. The molecular weight excluding hydrogens is 444 g/mol. The van der Waals surface area contributed by atoms with Crippen molar-refractivity contribution in [2.24, 2.45) is 0 Å². The minimum atomic E-state index is -3.28. The van der Waals surface area contributed by atoms with Crippen molar-refractivity contribution < 1.29 is 22.6 Å². The van der Waals surface area contributed by atoms with Crippen LogP contribution in [-0.2, 0) is 24.9 Å². The van der Waals surface area contributed by atoms with E-state index in [2.05, 4.69) is 29.0 Å². The molecule has 0 saturated carbocycles. The molecule has 33 heavy (non-hydrogen) atoms. The number of morpholine rings is 1. The van der Waals surface area contributed by atoms with Crippen LogP contribution in [0, 0.1) is 0 Å². The molecule has 1 aromatic carbocycles. The van der Waals surface area contributed by atoms with Crippen LogP contribution in [0.4, 0.5) is 0 Å². The normalized spacial score (nSPS) is 21.0. The van der Waals surface area contributed by atoms with E-state index in [4.69, 9.17) is 19.2 Å². The number of nitrogens with zero attached hydrogens (tertiary/aromatic N) is 4. The van der Waals surface area contributed by atoms with Crippen LogP contribution in [0.15, 0.2) is 42.7 Å². The lowest BCUT2D eigenvalue weighted by molar-refractivity contribution is -0.0500. The number of rotatable bonds is 6. The maximum atomic E-state index is 11.9. The molecule has 0 bridgehead atoms. The third-order valence-corrected chi connectivity index (χ3v) is 7.39. The van der Waals surface area contributed by atoms with E-state index in [9.17, 15) is 8.42 Å². The Morgan fingerprint density at radius 3 is 2.64 bits per heavy atom. The van der Waals surface area contributed by atoms with Crippen LogP contribution < -0.4 is 4.74 Å². The first kappa shape index (κ1) is 22.1. The Kier molecular flexibility index (Phi) is 5.77. The monoisotopic (exact) mass is 470 g/mol. The van der Waals surface area contributed by atoms with E-state index in [0.717, 1.165) is 24.5 Å². The van der Waals surface area contributed by atoms with Crippen LogP contribution in [0.3, 0.4) is 0 Å². The molecule has 0 radical (unpaired) electrons. The van der Waals surface area contributed by atoms with Gasteiger partial charge in [-0.05, 0) is 11.6 Å². The number of sulfonamides is 1. The van der Waals surface area contributed by atoms with Crippen LogP contribution >= 0.6 is 0 Å². The minimum absolute atomic E-state index is 0.0644. The summed E-state index contributed by atoms with van der Waals surface area (Å²) in [6.45, 7) is 4.73.